The zero-order valence-corrected chi connectivity index (χ0v) is 30.5. The van der Waals surface area contributed by atoms with E-state index in [4.69, 9.17) is 8.83 Å². The molecule has 0 saturated heterocycles. The van der Waals surface area contributed by atoms with Crippen molar-refractivity contribution in [3.8, 4) is 11.1 Å². The molecule has 0 bridgehead atoms. The SMILES string of the molecule is CC1(C)c2cc(N(c3ccccc3)c3ccc4oc5ccccc5c4c3)ccc2-c2ccc(N(c3ccccc3)c3ccc4oc5ccccc5c4c3)cc21. The molecule has 0 amide bonds. The van der Waals surface area contributed by atoms with Crippen LogP contribution in [0.4, 0.5) is 34.1 Å². The van der Waals surface area contributed by atoms with Gasteiger partial charge in [0.2, 0.25) is 0 Å². The first-order valence-electron chi connectivity index (χ1n) is 18.8. The van der Waals surface area contributed by atoms with Gasteiger partial charge in [0.05, 0.1) is 0 Å². The fourth-order valence-corrected chi connectivity index (χ4v) is 8.75. The summed E-state index contributed by atoms with van der Waals surface area (Å²) in [6, 6.07) is 64.8. The molecule has 4 heteroatoms. The van der Waals surface area contributed by atoms with Crippen molar-refractivity contribution in [2.24, 2.45) is 0 Å². The Bertz CT molecular complexity index is 2870. The monoisotopic (exact) mass is 708 g/mol. The molecule has 0 fully saturated rings. The van der Waals surface area contributed by atoms with Crippen molar-refractivity contribution in [2.45, 2.75) is 19.3 Å². The van der Waals surface area contributed by atoms with E-state index < -0.39 is 0 Å². The highest BCUT2D eigenvalue weighted by Crippen LogP contribution is 2.53. The second-order valence-electron chi connectivity index (χ2n) is 15.0. The van der Waals surface area contributed by atoms with Gasteiger partial charge in [0, 0.05) is 61.1 Å². The van der Waals surface area contributed by atoms with Gasteiger partial charge in [-0.3, -0.25) is 0 Å². The molecule has 0 N–H and O–H groups in total. The third-order valence-electron chi connectivity index (χ3n) is 11.4. The second kappa shape index (κ2) is 12.0. The van der Waals surface area contributed by atoms with E-state index in [0.29, 0.717) is 0 Å². The predicted molar refractivity (Wildman–Crippen MR) is 228 cm³/mol. The lowest BCUT2D eigenvalue weighted by molar-refractivity contribution is 0.660. The van der Waals surface area contributed by atoms with E-state index >= 15 is 0 Å². The van der Waals surface area contributed by atoms with Crippen LogP contribution in [0.25, 0.3) is 55.0 Å². The number of para-hydroxylation sites is 4. The summed E-state index contributed by atoms with van der Waals surface area (Å²) in [6.07, 6.45) is 0. The lowest BCUT2D eigenvalue weighted by Crippen LogP contribution is -2.17. The van der Waals surface area contributed by atoms with Crippen LogP contribution < -0.4 is 9.80 Å². The second-order valence-corrected chi connectivity index (χ2v) is 15.0. The van der Waals surface area contributed by atoms with Gasteiger partial charge in [0.25, 0.3) is 0 Å². The first kappa shape index (κ1) is 31.5. The molecule has 10 aromatic rings. The van der Waals surface area contributed by atoms with E-state index in [9.17, 15) is 0 Å². The minimum Gasteiger partial charge on any atom is -0.456 e. The molecule has 2 heterocycles. The van der Waals surface area contributed by atoms with Gasteiger partial charge >= 0.3 is 0 Å². The summed E-state index contributed by atoms with van der Waals surface area (Å²) in [5.74, 6) is 0. The summed E-state index contributed by atoms with van der Waals surface area (Å²) in [7, 11) is 0. The quantitative estimate of drug-likeness (QED) is 0.172. The predicted octanol–water partition coefficient (Wildman–Crippen LogP) is 14.7. The van der Waals surface area contributed by atoms with Crippen LogP contribution in [-0.4, -0.2) is 0 Å². The first-order valence-corrected chi connectivity index (χ1v) is 18.8. The summed E-state index contributed by atoms with van der Waals surface area (Å²) >= 11 is 0. The average Bonchev–Trinajstić information content (AvgIpc) is 3.86. The van der Waals surface area contributed by atoms with Gasteiger partial charge in [-0.2, -0.15) is 0 Å². The molecule has 11 rings (SSSR count). The lowest BCUT2D eigenvalue weighted by Gasteiger charge is -2.29. The van der Waals surface area contributed by atoms with Crippen LogP contribution in [0.5, 0.6) is 0 Å². The third kappa shape index (κ3) is 4.92. The molecule has 0 unspecified atom stereocenters. The summed E-state index contributed by atoms with van der Waals surface area (Å²) in [4.78, 5) is 4.72. The highest BCUT2D eigenvalue weighted by atomic mass is 16.3. The Morgan fingerprint density at radius 2 is 0.691 bits per heavy atom. The zero-order chi connectivity index (χ0) is 36.7. The fraction of sp³-hybridized carbons (Fsp3) is 0.0588. The molecule has 0 radical (unpaired) electrons. The van der Waals surface area contributed by atoms with Crippen LogP contribution in [0.15, 0.2) is 191 Å². The normalized spacial score (nSPS) is 13.1. The summed E-state index contributed by atoms with van der Waals surface area (Å²) in [6.45, 7) is 4.72. The number of anilines is 6. The number of nitrogens with zero attached hydrogens (tertiary/aromatic N) is 2. The molecule has 4 nitrogen and oxygen atoms in total. The molecular formula is C51H36N2O2. The molecule has 0 spiro atoms. The Morgan fingerprint density at radius 3 is 1.15 bits per heavy atom. The minimum atomic E-state index is -0.253. The van der Waals surface area contributed by atoms with Gasteiger partial charge in [0.15, 0.2) is 0 Å². The van der Waals surface area contributed by atoms with E-state index in [1.165, 1.54) is 22.3 Å². The van der Waals surface area contributed by atoms with Crippen LogP contribution in [0.2, 0.25) is 0 Å². The Balaban J connectivity index is 1.03. The third-order valence-corrected chi connectivity index (χ3v) is 11.4. The molecule has 2 aromatic heterocycles. The Morgan fingerprint density at radius 1 is 0.327 bits per heavy atom. The maximum Gasteiger partial charge on any atom is 0.135 e. The average molecular weight is 709 g/mol. The highest BCUT2D eigenvalue weighted by molar-refractivity contribution is 6.07. The largest absolute Gasteiger partial charge is 0.456 e. The van der Waals surface area contributed by atoms with Crippen molar-refractivity contribution >= 4 is 78.0 Å². The Labute approximate surface area is 319 Å². The summed E-state index contributed by atoms with van der Waals surface area (Å²) in [5, 5.41) is 4.46. The number of hydrogen-bond donors (Lipinski definition) is 0. The number of furan rings is 2. The van der Waals surface area contributed by atoms with E-state index in [1.54, 1.807) is 0 Å². The van der Waals surface area contributed by atoms with E-state index in [0.717, 1.165) is 78.0 Å². The van der Waals surface area contributed by atoms with Crippen molar-refractivity contribution in [3.63, 3.8) is 0 Å². The summed E-state index contributed by atoms with van der Waals surface area (Å²) in [5.41, 5.74) is 15.1. The number of benzene rings is 8. The smallest absolute Gasteiger partial charge is 0.135 e. The molecular weight excluding hydrogens is 673 g/mol. The van der Waals surface area contributed by atoms with Gasteiger partial charge in [-0.1, -0.05) is 98.8 Å². The molecule has 8 aromatic carbocycles. The Hall–Kier alpha value is -7.04. The first-order chi connectivity index (χ1) is 27.0. The van der Waals surface area contributed by atoms with Gasteiger partial charge in [-0.15, -0.1) is 0 Å². The molecule has 1 aliphatic rings. The maximum atomic E-state index is 6.21. The van der Waals surface area contributed by atoms with Crippen LogP contribution in [-0.2, 0) is 5.41 Å². The van der Waals surface area contributed by atoms with E-state index in [2.05, 4.69) is 181 Å². The van der Waals surface area contributed by atoms with Crippen molar-refractivity contribution in [3.05, 3.63) is 193 Å². The fourth-order valence-electron chi connectivity index (χ4n) is 8.75. The van der Waals surface area contributed by atoms with Crippen molar-refractivity contribution < 1.29 is 8.83 Å². The number of fused-ring (bicyclic) bond motifs is 9. The van der Waals surface area contributed by atoms with Gasteiger partial charge in [-0.05, 0) is 119 Å². The van der Waals surface area contributed by atoms with Crippen molar-refractivity contribution in [1.82, 2.24) is 0 Å². The van der Waals surface area contributed by atoms with Gasteiger partial charge in [0.1, 0.15) is 22.3 Å². The van der Waals surface area contributed by atoms with Crippen LogP contribution in [0, 0.1) is 0 Å². The molecule has 262 valence electrons. The van der Waals surface area contributed by atoms with E-state index in [-0.39, 0.29) is 5.41 Å². The van der Waals surface area contributed by atoms with Crippen LogP contribution in [0.1, 0.15) is 25.0 Å². The van der Waals surface area contributed by atoms with E-state index in [1.807, 2.05) is 24.3 Å². The maximum absolute atomic E-state index is 6.21. The van der Waals surface area contributed by atoms with Crippen LogP contribution >= 0.6 is 0 Å². The number of hydrogen-bond acceptors (Lipinski definition) is 4. The summed E-state index contributed by atoms with van der Waals surface area (Å²) < 4.78 is 12.4. The lowest BCUT2D eigenvalue weighted by atomic mass is 9.82. The van der Waals surface area contributed by atoms with Crippen molar-refractivity contribution in [1.29, 1.82) is 0 Å². The molecule has 0 saturated carbocycles. The number of rotatable bonds is 6. The molecule has 55 heavy (non-hydrogen) atoms. The van der Waals surface area contributed by atoms with Crippen molar-refractivity contribution in [2.75, 3.05) is 9.80 Å². The Kier molecular flexibility index (Phi) is 6.86. The van der Waals surface area contributed by atoms with Gasteiger partial charge < -0.3 is 18.6 Å². The molecule has 0 atom stereocenters. The molecule has 0 aliphatic heterocycles. The molecule has 1 aliphatic carbocycles. The standard InChI is InChI=1S/C51H36N2O2/c1-51(2)45-31-37(52(33-13-5-3-6-14-33)35-23-27-49-43(29-35)41-17-9-11-19-47(41)54-49)21-25-39(45)40-26-22-38(32-46(40)51)53(34-15-7-4-8-16-34)36-24-28-50-44(30-36)42-18-10-12-20-48(42)55-50/h3-32H,1-2H3. The van der Waals surface area contributed by atoms with Crippen LogP contribution in [0.3, 0.4) is 0 Å². The minimum absolute atomic E-state index is 0.253. The van der Waals surface area contributed by atoms with Gasteiger partial charge in [-0.25, -0.2) is 0 Å². The zero-order valence-electron chi connectivity index (χ0n) is 30.5. The highest BCUT2D eigenvalue weighted by Gasteiger charge is 2.37. The topological polar surface area (TPSA) is 32.8 Å².